The number of aliphatic imine (C=N–C) groups is 1. The molecule has 0 aliphatic carbocycles. The summed E-state index contributed by atoms with van der Waals surface area (Å²) in [5.41, 5.74) is 3.00. The lowest BCUT2D eigenvalue weighted by Crippen LogP contribution is -2.31. The molecule has 1 N–H and O–H groups in total. The number of nitrogens with one attached hydrogen (secondary N) is 1. The summed E-state index contributed by atoms with van der Waals surface area (Å²) in [5.74, 6) is 0.450. The van der Waals surface area contributed by atoms with Gasteiger partial charge in [0.25, 0.3) is 11.8 Å². The topological polar surface area (TPSA) is 61.8 Å². The fraction of sp³-hybridized carbons (Fsp3) is 0.136. The molecule has 0 fully saturated rings. The largest absolute Gasteiger partial charge is 0.343 e. The molecule has 140 valence electrons. The molecule has 0 unspecified atom stereocenters. The minimum Gasteiger partial charge on any atom is -0.343 e. The number of imide groups is 1. The van der Waals surface area contributed by atoms with Gasteiger partial charge in [-0.15, -0.1) is 12.4 Å². The third kappa shape index (κ3) is 2.84. The van der Waals surface area contributed by atoms with Crippen LogP contribution in [0.1, 0.15) is 33.6 Å². The summed E-state index contributed by atoms with van der Waals surface area (Å²) < 4.78 is 0. The van der Waals surface area contributed by atoms with Gasteiger partial charge >= 0.3 is 0 Å². The molecule has 0 spiro atoms. The van der Waals surface area contributed by atoms with Crippen LogP contribution in [-0.4, -0.2) is 29.1 Å². The highest BCUT2D eigenvalue weighted by Gasteiger charge is 2.34. The van der Waals surface area contributed by atoms with Gasteiger partial charge in [-0.25, -0.2) is 4.99 Å². The van der Waals surface area contributed by atoms with Crippen molar-refractivity contribution in [2.75, 3.05) is 11.9 Å². The van der Waals surface area contributed by atoms with E-state index in [1.807, 2.05) is 24.3 Å². The Bertz CT molecular complexity index is 1100. The van der Waals surface area contributed by atoms with Crippen LogP contribution in [0.3, 0.4) is 0 Å². The van der Waals surface area contributed by atoms with Crippen molar-refractivity contribution < 1.29 is 9.59 Å². The number of hydrogen-bond acceptors (Lipinski definition) is 4. The highest BCUT2D eigenvalue weighted by molar-refractivity contribution is 6.21. The van der Waals surface area contributed by atoms with Crippen LogP contribution < -0.4 is 5.32 Å². The minimum absolute atomic E-state index is 0. The number of rotatable bonds is 4. The van der Waals surface area contributed by atoms with Crippen molar-refractivity contribution in [2.24, 2.45) is 4.99 Å². The quantitative estimate of drug-likeness (QED) is 0.650. The summed E-state index contributed by atoms with van der Waals surface area (Å²) in [5, 5.41) is 5.68. The van der Waals surface area contributed by atoms with Gasteiger partial charge < -0.3 is 5.32 Å². The second kappa shape index (κ2) is 7.09. The third-order valence-corrected chi connectivity index (χ3v) is 5.09. The monoisotopic (exact) mass is 391 g/mol. The minimum atomic E-state index is -0.204. The molecule has 5 rings (SSSR count). The summed E-state index contributed by atoms with van der Waals surface area (Å²) in [7, 11) is 0. The second-order valence-corrected chi connectivity index (χ2v) is 6.78. The first-order valence-corrected chi connectivity index (χ1v) is 9.04. The SMILES string of the molecule is Cl.O=C1c2ccccc2C(=O)N1CCCC1=Nc2cccc3cccc(c23)N1. The Morgan fingerprint density at radius 2 is 1.54 bits per heavy atom. The maximum Gasteiger partial charge on any atom is 0.261 e. The zero-order valence-electron chi connectivity index (χ0n) is 15.0. The Labute approximate surface area is 168 Å². The number of fused-ring (bicyclic) bond motifs is 1. The number of nitrogens with zero attached hydrogens (tertiary/aromatic N) is 2. The number of amidine groups is 1. The van der Waals surface area contributed by atoms with Crippen molar-refractivity contribution in [2.45, 2.75) is 12.8 Å². The molecular weight excluding hydrogens is 374 g/mol. The van der Waals surface area contributed by atoms with Gasteiger partial charge in [-0.2, -0.15) is 0 Å². The van der Waals surface area contributed by atoms with Gasteiger partial charge in [-0.1, -0.05) is 36.4 Å². The van der Waals surface area contributed by atoms with Crippen LogP contribution in [0, 0.1) is 0 Å². The third-order valence-electron chi connectivity index (χ3n) is 5.09. The van der Waals surface area contributed by atoms with Crippen molar-refractivity contribution in [3.8, 4) is 0 Å². The van der Waals surface area contributed by atoms with E-state index in [2.05, 4.69) is 17.4 Å². The summed E-state index contributed by atoms with van der Waals surface area (Å²) in [6.45, 7) is 0.388. The Balaban J connectivity index is 0.00000192. The molecule has 28 heavy (non-hydrogen) atoms. The molecule has 2 heterocycles. The summed E-state index contributed by atoms with van der Waals surface area (Å²) in [4.78, 5) is 30.9. The van der Waals surface area contributed by atoms with Gasteiger partial charge in [0.05, 0.1) is 16.8 Å². The van der Waals surface area contributed by atoms with Gasteiger partial charge in [0.1, 0.15) is 5.84 Å². The van der Waals surface area contributed by atoms with Crippen molar-refractivity contribution in [1.82, 2.24) is 4.90 Å². The van der Waals surface area contributed by atoms with E-state index in [-0.39, 0.29) is 24.2 Å². The highest BCUT2D eigenvalue weighted by atomic mass is 35.5. The molecule has 0 saturated carbocycles. The van der Waals surface area contributed by atoms with Crippen LogP contribution >= 0.6 is 12.4 Å². The van der Waals surface area contributed by atoms with E-state index in [1.165, 1.54) is 4.90 Å². The fourth-order valence-corrected chi connectivity index (χ4v) is 3.81. The average Bonchev–Trinajstić information content (AvgIpc) is 2.94. The fourth-order valence-electron chi connectivity index (χ4n) is 3.81. The van der Waals surface area contributed by atoms with E-state index in [9.17, 15) is 9.59 Å². The van der Waals surface area contributed by atoms with E-state index >= 15 is 0 Å². The lowest BCUT2D eigenvalue weighted by molar-refractivity contribution is 0.0653. The maximum atomic E-state index is 12.4. The van der Waals surface area contributed by atoms with Crippen LogP contribution in [0.5, 0.6) is 0 Å². The molecular formula is C22H18ClN3O2. The van der Waals surface area contributed by atoms with E-state index in [1.54, 1.807) is 24.3 Å². The molecule has 0 bridgehead atoms. The molecule has 0 saturated heterocycles. The van der Waals surface area contributed by atoms with Crippen molar-refractivity contribution in [3.63, 3.8) is 0 Å². The summed E-state index contributed by atoms with van der Waals surface area (Å²) >= 11 is 0. The molecule has 5 nitrogen and oxygen atoms in total. The van der Waals surface area contributed by atoms with Crippen LogP contribution in [0.2, 0.25) is 0 Å². The van der Waals surface area contributed by atoms with Crippen molar-refractivity contribution in [3.05, 3.63) is 71.8 Å². The smallest absolute Gasteiger partial charge is 0.261 e. The summed E-state index contributed by atoms with van der Waals surface area (Å²) in [6, 6.07) is 19.2. The Kier molecular flexibility index (Phi) is 4.61. The number of anilines is 1. The number of hydrogen-bond donors (Lipinski definition) is 1. The Hall–Kier alpha value is -3.18. The van der Waals surface area contributed by atoms with Gasteiger partial charge in [-0.05, 0) is 36.1 Å². The normalized spacial score (nSPS) is 14.4. The first kappa shape index (κ1) is 18.2. The summed E-state index contributed by atoms with van der Waals surface area (Å²) in [6.07, 6.45) is 1.33. The lowest BCUT2D eigenvalue weighted by atomic mass is 10.0. The molecule has 6 heteroatoms. The standard InChI is InChI=1S/C22H17N3O2.ClH/c26-21-15-8-1-2-9-16(15)22(27)25(21)13-5-12-19-23-17-10-3-6-14-7-4-11-18(24-19)20(14)17;/h1-4,6-11H,5,12-13H2,(H,23,24);1H. The average molecular weight is 392 g/mol. The second-order valence-electron chi connectivity index (χ2n) is 6.78. The van der Waals surface area contributed by atoms with Gasteiger partial charge in [-0.3, -0.25) is 14.5 Å². The number of halogens is 1. The molecule has 2 aliphatic heterocycles. The van der Waals surface area contributed by atoms with Crippen molar-refractivity contribution >= 4 is 52.2 Å². The van der Waals surface area contributed by atoms with Crippen LogP contribution in [0.15, 0.2) is 65.7 Å². The predicted molar refractivity (Wildman–Crippen MR) is 113 cm³/mol. The zero-order valence-corrected chi connectivity index (χ0v) is 15.8. The van der Waals surface area contributed by atoms with E-state index in [0.717, 1.165) is 28.0 Å². The van der Waals surface area contributed by atoms with Gasteiger partial charge in [0.2, 0.25) is 0 Å². The van der Waals surface area contributed by atoms with Crippen molar-refractivity contribution in [1.29, 1.82) is 0 Å². The van der Waals surface area contributed by atoms with Crippen LogP contribution in [0.4, 0.5) is 11.4 Å². The molecule has 2 aliphatic rings. The maximum absolute atomic E-state index is 12.4. The zero-order chi connectivity index (χ0) is 18.4. The first-order valence-electron chi connectivity index (χ1n) is 9.04. The van der Waals surface area contributed by atoms with E-state index in [4.69, 9.17) is 4.99 Å². The Morgan fingerprint density at radius 3 is 2.25 bits per heavy atom. The molecule has 0 atom stereocenters. The number of carbonyl (C=O) groups is 2. The van der Waals surface area contributed by atoms with Gasteiger partial charge in [0, 0.05) is 24.0 Å². The molecule has 3 aromatic rings. The molecule has 2 amide bonds. The predicted octanol–water partition coefficient (Wildman–Crippen LogP) is 4.79. The molecule has 0 radical (unpaired) electrons. The number of carbonyl (C=O) groups excluding carboxylic acids is 2. The Morgan fingerprint density at radius 1 is 0.857 bits per heavy atom. The first-order chi connectivity index (χ1) is 13.2. The number of benzene rings is 3. The molecule has 3 aromatic carbocycles. The highest BCUT2D eigenvalue weighted by Crippen LogP contribution is 2.36. The molecule has 0 aromatic heterocycles. The number of amides is 2. The van der Waals surface area contributed by atoms with E-state index in [0.29, 0.717) is 30.5 Å². The van der Waals surface area contributed by atoms with Gasteiger partial charge in [0.15, 0.2) is 0 Å². The van der Waals surface area contributed by atoms with Crippen LogP contribution in [-0.2, 0) is 0 Å². The van der Waals surface area contributed by atoms with Crippen LogP contribution in [0.25, 0.3) is 10.8 Å². The van der Waals surface area contributed by atoms with E-state index < -0.39 is 0 Å². The lowest BCUT2D eigenvalue weighted by Gasteiger charge is -2.20.